The molecule has 1 amide bonds. The standard InChI is InChI=1S/C16H24N2O/c1-16(2,14-6-4-3-5-7-14)15(19)18-11-9-13(12-18)8-10-17/h3-7,13H,8-12,17H2,1-2H3. The topological polar surface area (TPSA) is 46.3 Å². The molecule has 1 aromatic carbocycles. The largest absolute Gasteiger partial charge is 0.342 e. The summed E-state index contributed by atoms with van der Waals surface area (Å²) >= 11 is 0. The first-order valence-electron chi connectivity index (χ1n) is 7.10. The maximum absolute atomic E-state index is 12.7. The second-order valence-corrected chi connectivity index (χ2v) is 5.97. The molecule has 1 aromatic rings. The summed E-state index contributed by atoms with van der Waals surface area (Å²) in [5.74, 6) is 0.818. The molecular weight excluding hydrogens is 236 g/mol. The summed E-state index contributed by atoms with van der Waals surface area (Å²) in [6, 6.07) is 10.0. The van der Waals surface area contributed by atoms with Gasteiger partial charge < -0.3 is 10.6 Å². The highest BCUT2D eigenvalue weighted by atomic mass is 16.2. The van der Waals surface area contributed by atoms with Crippen molar-refractivity contribution in [2.75, 3.05) is 19.6 Å². The minimum atomic E-state index is -0.446. The van der Waals surface area contributed by atoms with Gasteiger partial charge in [0.1, 0.15) is 0 Å². The molecule has 1 atom stereocenters. The smallest absolute Gasteiger partial charge is 0.232 e. The van der Waals surface area contributed by atoms with Crippen LogP contribution in [0, 0.1) is 5.92 Å². The molecule has 1 heterocycles. The van der Waals surface area contributed by atoms with E-state index >= 15 is 0 Å². The number of amides is 1. The summed E-state index contributed by atoms with van der Waals surface area (Å²) < 4.78 is 0. The summed E-state index contributed by atoms with van der Waals surface area (Å²) in [6.45, 7) is 6.49. The van der Waals surface area contributed by atoms with E-state index in [4.69, 9.17) is 5.73 Å². The fraction of sp³-hybridized carbons (Fsp3) is 0.562. The van der Waals surface area contributed by atoms with Crippen LogP contribution < -0.4 is 5.73 Å². The van der Waals surface area contributed by atoms with Gasteiger partial charge in [0.2, 0.25) is 5.91 Å². The molecule has 0 aromatic heterocycles. The van der Waals surface area contributed by atoms with E-state index < -0.39 is 5.41 Å². The van der Waals surface area contributed by atoms with Gasteiger partial charge in [0.05, 0.1) is 5.41 Å². The normalized spacial score (nSPS) is 19.7. The minimum absolute atomic E-state index is 0.234. The predicted octanol–water partition coefficient (Wildman–Crippen LogP) is 2.16. The predicted molar refractivity (Wildman–Crippen MR) is 77.8 cm³/mol. The zero-order valence-electron chi connectivity index (χ0n) is 11.9. The van der Waals surface area contributed by atoms with Crippen LogP contribution in [-0.4, -0.2) is 30.4 Å². The van der Waals surface area contributed by atoms with Gasteiger partial charge in [-0.1, -0.05) is 30.3 Å². The van der Waals surface area contributed by atoms with Gasteiger partial charge in [-0.15, -0.1) is 0 Å². The van der Waals surface area contributed by atoms with Crippen molar-refractivity contribution in [1.29, 1.82) is 0 Å². The molecule has 3 heteroatoms. The first kappa shape index (κ1) is 14.1. The van der Waals surface area contributed by atoms with Crippen LogP contribution in [0.15, 0.2) is 30.3 Å². The summed E-state index contributed by atoms with van der Waals surface area (Å²) in [6.07, 6.45) is 2.11. The highest BCUT2D eigenvalue weighted by Gasteiger charge is 2.36. The van der Waals surface area contributed by atoms with E-state index in [1.165, 1.54) is 0 Å². The van der Waals surface area contributed by atoms with E-state index in [2.05, 4.69) is 0 Å². The molecule has 19 heavy (non-hydrogen) atoms. The van der Waals surface area contributed by atoms with Crippen LogP contribution >= 0.6 is 0 Å². The molecule has 2 rings (SSSR count). The fourth-order valence-corrected chi connectivity index (χ4v) is 2.86. The lowest BCUT2D eigenvalue weighted by Crippen LogP contribution is -2.42. The lowest BCUT2D eigenvalue weighted by Gasteiger charge is -2.29. The molecule has 2 N–H and O–H groups in total. The van der Waals surface area contributed by atoms with E-state index in [0.29, 0.717) is 5.92 Å². The van der Waals surface area contributed by atoms with Crippen LogP contribution in [0.25, 0.3) is 0 Å². The Hall–Kier alpha value is -1.35. The monoisotopic (exact) mass is 260 g/mol. The number of carbonyl (C=O) groups is 1. The Morgan fingerprint density at radius 1 is 1.37 bits per heavy atom. The first-order chi connectivity index (χ1) is 9.05. The Balaban J connectivity index is 2.07. The molecule has 0 radical (unpaired) electrons. The zero-order valence-corrected chi connectivity index (χ0v) is 11.9. The molecule has 0 saturated carbocycles. The Morgan fingerprint density at radius 2 is 2.05 bits per heavy atom. The fourth-order valence-electron chi connectivity index (χ4n) is 2.86. The molecule has 0 bridgehead atoms. The van der Waals surface area contributed by atoms with Gasteiger partial charge in [0, 0.05) is 13.1 Å². The highest BCUT2D eigenvalue weighted by molar-refractivity contribution is 5.87. The minimum Gasteiger partial charge on any atom is -0.342 e. The Labute approximate surface area is 115 Å². The van der Waals surface area contributed by atoms with Crippen molar-refractivity contribution < 1.29 is 4.79 Å². The Morgan fingerprint density at radius 3 is 2.68 bits per heavy atom. The quantitative estimate of drug-likeness (QED) is 0.901. The maximum Gasteiger partial charge on any atom is 0.232 e. The van der Waals surface area contributed by atoms with Crippen molar-refractivity contribution >= 4 is 5.91 Å². The molecule has 104 valence electrons. The SMILES string of the molecule is CC(C)(C(=O)N1CCC(CCN)C1)c1ccccc1. The number of hydrogen-bond donors (Lipinski definition) is 1. The highest BCUT2D eigenvalue weighted by Crippen LogP contribution is 2.29. The molecular formula is C16H24N2O. The lowest BCUT2D eigenvalue weighted by molar-refractivity contribution is -0.135. The lowest BCUT2D eigenvalue weighted by atomic mass is 9.83. The molecule has 1 aliphatic heterocycles. The molecule has 0 aliphatic carbocycles. The van der Waals surface area contributed by atoms with Gasteiger partial charge in [-0.05, 0) is 44.7 Å². The second kappa shape index (κ2) is 5.74. The van der Waals surface area contributed by atoms with Crippen molar-refractivity contribution in [3.8, 4) is 0 Å². The van der Waals surface area contributed by atoms with Crippen LogP contribution in [0.3, 0.4) is 0 Å². The van der Waals surface area contributed by atoms with Gasteiger partial charge in [0.25, 0.3) is 0 Å². The number of likely N-dealkylation sites (tertiary alicyclic amines) is 1. The number of hydrogen-bond acceptors (Lipinski definition) is 2. The molecule has 1 fully saturated rings. The number of rotatable bonds is 4. The number of benzene rings is 1. The van der Waals surface area contributed by atoms with E-state index in [1.807, 2.05) is 49.1 Å². The van der Waals surface area contributed by atoms with Crippen LogP contribution in [0.5, 0.6) is 0 Å². The summed E-state index contributed by atoms with van der Waals surface area (Å²) in [7, 11) is 0. The molecule has 1 saturated heterocycles. The van der Waals surface area contributed by atoms with Gasteiger partial charge in [-0.25, -0.2) is 0 Å². The van der Waals surface area contributed by atoms with Crippen molar-refractivity contribution in [3.63, 3.8) is 0 Å². The van der Waals surface area contributed by atoms with Gasteiger partial charge in [0.15, 0.2) is 0 Å². The van der Waals surface area contributed by atoms with Crippen LogP contribution in [-0.2, 0) is 10.2 Å². The van der Waals surface area contributed by atoms with Crippen molar-refractivity contribution in [1.82, 2.24) is 4.90 Å². The van der Waals surface area contributed by atoms with E-state index in [1.54, 1.807) is 0 Å². The van der Waals surface area contributed by atoms with E-state index in [0.717, 1.165) is 38.0 Å². The average Bonchev–Trinajstić information content (AvgIpc) is 2.88. The third-order valence-corrected chi connectivity index (χ3v) is 4.18. The second-order valence-electron chi connectivity index (χ2n) is 5.97. The summed E-state index contributed by atoms with van der Waals surface area (Å²) in [4.78, 5) is 14.7. The number of nitrogens with zero attached hydrogens (tertiary/aromatic N) is 1. The average molecular weight is 260 g/mol. The van der Waals surface area contributed by atoms with E-state index in [-0.39, 0.29) is 5.91 Å². The van der Waals surface area contributed by atoms with Crippen molar-refractivity contribution in [3.05, 3.63) is 35.9 Å². The number of carbonyl (C=O) groups excluding carboxylic acids is 1. The first-order valence-corrected chi connectivity index (χ1v) is 7.10. The van der Waals surface area contributed by atoms with Crippen LogP contribution in [0.2, 0.25) is 0 Å². The summed E-state index contributed by atoms with van der Waals surface area (Å²) in [5, 5.41) is 0. The molecule has 0 spiro atoms. The van der Waals surface area contributed by atoms with Crippen LogP contribution in [0.4, 0.5) is 0 Å². The maximum atomic E-state index is 12.7. The van der Waals surface area contributed by atoms with Gasteiger partial charge >= 0.3 is 0 Å². The Bertz CT molecular complexity index is 428. The Kier molecular flexibility index (Phi) is 4.25. The number of nitrogens with two attached hydrogens (primary N) is 1. The third-order valence-electron chi connectivity index (χ3n) is 4.18. The van der Waals surface area contributed by atoms with Gasteiger partial charge in [-0.3, -0.25) is 4.79 Å². The third kappa shape index (κ3) is 2.98. The van der Waals surface area contributed by atoms with Crippen molar-refractivity contribution in [2.45, 2.75) is 32.1 Å². The van der Waals surface area contributed by atoms with E-state index in [9.17, 15) is 4.79 Å². The zero-order chi connectivity index (χ0) is 13.9. The molecule has 1 unspecified atom stereocenters. The molecule has 3 nitrogen and oxygen atoms in total. The van der Waals surface area contributed by atoms with Crippen LogP contribution in [0.1, 0.15) is 32.3 Å². The van der Waals surface area contributed by atoms with Crippen molar-refractivity contribution in [2.24, 2.45) is 11.7 Å². The summed E-state index contributed by atoms with van der Waals surface area (Å²) in [5.41, 5.74) is 6.24. The van der Waals surface area contributed by atoms with Gasteiger partial charge in [-0.2, -0.15) is 0 Å². The molecule has 1 aliphatic rings.